The number of methoxy groups -OCH3 is 2. The average Bonchev–Trinajstić information content (AvgIpc) is 3.28. The second kappa shape index (κ2) is 8.61. The Morgan fingerprint density at radius 1 is 1.07 bits per heavy atom. The van der Waals surface area contributed by atoms with Gasteiger partial charge in [0.05, 0.1) is 26.7 Å². The van der Waals surface area contributed by atoms with Crippen molar-refractivity contribution in [2.75, 3.05) is 27.3 Å². The largest absolute Gasteiger partial charge is 0.493 e. The van der Waals surface area contributed by atoms with Gasteiger partial charge >= 0.3 is 0 Å². The van der Waals surface area contributed by atoms with E-state index in [9.17, 15) is 4.79 Å². The molecule has 3 aromatic rings. The van der Waals surface area contributed by atoms with Crippen LogP contribution in [0.15, 0.2) is 55.0 Å². The first-order chi connectivity index (χ1) is 14.6. The Morgan fingerprint density at radius 2 is 1.87 bits per heavy atom. The number of hydrogen-bond donors (Lipinski definition) is 0. The number of imidazole rings is 1. The number of carbonyl (C=O) groups excluding carboxylic acids is 1. The van der Waals surface area contributed by atoms with Crippen molar-refractivity contribution in [3.63, 3.8) is 0 Å². The van der Waals surface area contributed by atoms with Crippen LogP contribution in [0.3, 0.4) is 0 Å². The molecule has 1 unspecified atom stereocenters. The number of benzene rings is 2. The van der Waals surface area contributed by atoms with Crippen LogP contribution in [0.2, 0.25) is 0 Å². The minimum Gasteiger partial charge on any atom is -0.493 e. The number of hydrogen-bond acceptors (Lipinski definition) is 4. The minimum atomic E-state index is 0.0376. The van der Waals surface area contributed by atoms with Crippen molar-refractivity contribution >= 4 is 5.91 Å². The Hall–Kier alpha value is -3.28. The lowest BCUT2D eigenvalue weighted by Gasteiger charge is -2.31. The Morgan fingerprint density at radius 3 is 2.63 bits per heavy atom. The van der Waals surface area contributed by atoms with Crippen LogP contribution in [-0.4, -0.2) is 47.7 Å². The Bertz CT molecular complexity index is 1040. The van der Waals surface area contributed by atoms with Gasteiger partial charge in [-0.1, -0.05) is 25.1 Å². The number of nitrogens with zero attached hydrogens (tertiary/aromatic N) is 3. The van der Waals surface area contributed by atoms with Gasteiger partial charge in [-0.25, -0.2) is 4.98 Å². The topological polar surface area (TPSA) is 56.6 Å². The molecule has 6 heteroatoms. The Balaban J connectivity index is 1.66. The van der Waals surface area contributed by atoms with E-state index in [1.165, 1.54) is 6.42 Å². The van der Waals surface area contributed by atoms with Gasteiger partial charge < -0.3 is 14.4 Å². The van der Waals surface area contributed by atoms with Crippen LogP contribution in [-0.2, 0) is 0 Å². The van der Waals surface area contributed by atoms with E-state index >= 15 is 0 Å². The lowest BCUT2D eigenvalue weighted by Crippen LogP contribution is -2.39. The molecule has 1 aromatic heterocycles. The molecule has 30 heavy (non-hydrogen) atoms. The first-order valence-corrected chi connectivity index (χ1v) is 10.2. The second-order valence-corrected chi connectivity index (χ2v) is 7.77. The smallest absolute Gasteiger partial charge is 0.272 e. The highest BCUT2D eigenvalue weighted by Gasteiger charge is 2.24. The molecule has 0 saturated carbocycles. The summed E-state index contributed by atoms with van der Waals surface area (Å²) in [5.41, 5.74) is 3.52. The summed E-state index contributed by atoms with van der Waals surface area (Å²) in [5.74, 6) is 1.94. The molecule has 0 spiro atoms. The highest BCUT2D eigenvalue weighted by Crippen LogP contribution is 2.33. The molecule has 1 amide bonds. The van der Waals surface area contributed by atoms with Crippen molar-refractivity contribution in [1.82, 2.24) is 14.5 Å². The number of aromatic nitrogens is 2. The maximum atomic E-state index is 13.1. The summed E-state index contributed by atoms with van der Waals surface area (Å²) in [6, 6.07) is 13.9. The average molecular weight is 405 g/mol. The van der Waals surface area contributed by atoms with Gasteiger partial charge in [0, 0.05) is 18.8 Å². The van der Waals surface area contributed by atoms with E-state index < -0.39 is 0 Å². The maximum Gasteiger partial charge on any atom is 0.272 e. The summed E-state index contributed by atoms with van der Waals surface area (Å²) in [7, 11) is 3.25. The number of piperidine rings is 1. The van der Waals surface area contributed by atoms with Gasteiger partial charge in [-0.15, -0.1) is 0 Å². The van der Waals surface area contributed by atoms with Crippen LogP contribution in [0, 0.1) is 5.92 Å². The van der Waals surface area contributed by atoms with Gasteiger partial charge in [0.2, 0.25) is 0 Å². The monoisotopic (exact) mass is 405 g/mol. The number of carbonyl (C=O) groups is 1. The van der Waals surface area contributed by atoms with E-state index in [1.807, 2.05) is 45.9 Å². The third-order valence-electron chi connectivity index (χ3n) is 5.64. The van der Waals surface area contributed by atoms with Gasteiger partial charge in [0.15, 0.2) is 11.5 Å². The first-order valence-electron chi connectivity index (χ1n) is 10.2. The molecule has 2 heterocycles. The van der Waals surface area contributed by atoms with Gasteiger partial charge in [-0.2, -0.15) is 0 Å². The highest BCUT2D eigenvalue weighted by molar-refractivity contribution is 5.93. The van der Waals surface area contributed by atoms with Gasteiger partial charge in [-0.05, 0) is 54.2 Å². The summed E-state index contributed by atoms with van der Waals surface area (Å²) < 4.78 is 12.6. The molecule has 0 aliphatic carbocycles. The number of amides is 1. The third kappa shape index (κ3) is 3.90. The predicted molar refractivity (Wildman–Crippen MR) is 116 cm³/mol. The first kappa shape index (κ1) is 20.0. The molecule has 1 aliphatic heterocycles. The fourth-order valence-corrected chi connectivity index (χ4v) is 4.05. The van der Waals surface area contributed by atoms with E-state index in [1.54, 1.807) is 26.7 Å². The molecule has 0 bridgehead atoms. The van der Waals surface area contributed by atoms with Crippen molar-refractivity contribution in [1.29, 1.82) is 0 Å². The molecule has 6 nitrogen and oxygen atoms in total. The molecule has 1 aliphatic rings. The van der Waals surface area contributed by atoms with Gasteiger partial charge in [-0.3, -0.25) is 9.36 Å². The number of likely N-dealkylation sites (tertiary alicyclic amines) is 1. The zero-order valence-corrected chi connectivity index (χ0v) is 17.7. The highest BCUT2D eigenvalue weighted by atomic mass is 16.5. The van der Waals surface area contributed by atoms with Crippen LogP contribution in [0.1, 0.15) is 30.3 Å². The molecule has 1 saturated heterocycles. The fourth-order valence-electron chi connectivity index (χ4n) is 4.05. The second-order valence-electron chi connectivity index (χ2n) is 7.77. The van der Waals surface area contributed by atoms with Gasteiger partial charge in [0.1, 0.15) is 5.69 Å². The van der Waals surface area contributed by atoms with Crippen molar-refractivity contribution in [2.45, 2.75) is 19.8 Å². The predicted octanol–water partition coefficient (Wildman–Crippen LogP) is 4.43. The molecule has 0 N–H and O–H groups in total. The van der Waals surface area contributed by atoms with Crippen molar-refractivity contribution < 1.29 is 14.3 Å². The van der Waals surface area contributed by atoms with E-state index in [0.717, 1.165) is 36.3 Å². The van der Waals surface area contributed by atoms with Crippen molar-refractivity contribution in [3.8, 4) is 28.3 Å². The lowest BCUT2D eigenvalue weighted by atomic mass is 10.00. The SMILES string of the molecule is COc1ccc(-c2cccc(-n3cncc3C(=O)N3CCCC(C)C3)c2)cc1OC. The summed E-state index contributed by atoms with van der Waals surface area (Å²) >= 11 is 0. The molecule has 1 fully saturated rings. The Kier molecular flexibility index (Phi) is 5.74. The number of ether oxygens (including phenoxy) is 2. The van der Waals surface area contributed by atoms with Gasteiger partial charge in [0.25, 0.3) is 5.91 Å². The fraction of sp³-hybridized carbons (Fsp3) is 0.333. The normalized spacial score (nSPS) is 16.4. The van der Waals surface area contributed by atoms with Crippen LogP contribution in [0.25, 0.3) is 16.8 Å². The van der Waals surface area contributed by atoms with E-state index in [2.05, 4.69) is 18.0 Å². The Labute approximate surface area is 177 Å². The van der Waals surface area contributed by atoms with Crippen molar-refractivity contribution in [3.05, 3.63) is 60.7 Å². The lowest BCUT2D eigenvalue weighted by molar-refractivity contribution is 0.0675. The van der Waals surface area contributed by atoms with E-state index in [0.29, 0.717) is 23.1 Å². The zero-order chi connectivity index (χ0) is 21.1. The van der Waals surface area contributed by atoms with Crippen LogP contribution in [0.5, 0.6) is 11.5 Å². The molecule has 4 rings (SSSR count). The summed E-state index contributed by atoms with van der Waals surface area (Å²) in [6.07, 6.45) is 5.59. The number of rotatable bonds is 5. The maximum absolute atomic E-state index is 13.1. The van der Waals surface area contributed by atoms with Crippen LogP contribution < -0.4 is 9.47 Å². The summed E-state index contributed by atoms with van der Waals surface area (Å²) in [6.45, 7) is 3.80. The third-order valence-corrected chi connectivity index (χ3v) is 5.64. The zero-order valence-electron chi connectivity index (χ0n) is 17.7. The van der Waals surface area contributed by atoms with E-state index in [4.69, 9.17) is 9.47 Å². The van der Waals surface area contributed by atoms with Crippen LogP contribution >= 0.6 is 0 Å². The molecular formula is C24H27N3O3. The standard InChI is InChI=1S/C24H27N3O3/c1-17-6-5-11-26(15-17)24(28)21-14-25-16-27(21)20-8-4-7-18(12-20)19-9-10-22(29-2)23(13-19)30-3/h4,7-10,12-14,16-17H,5-6,11,15H2,1-3H3. The summed E-state index contributed by atoms with van der Waals surface area (Å²) in [5, 5.41) is 0. The molecule has 1 atom stereocenters. The molecular weight excluding hydrogens is 378 g/mol. The van der Waals surface area contributed by atoms with Crippen molar-refractivity contribution in [2.24, 2.45) is 5.92 Å². The summed E-state index contributed by atoms with van der Waals surface area (Å²) in [4.78, 5) is 19.4. The molecule has 0 radical (unpaired) electrons. The van der Waals surface area contributed by atoms with E-state index in [-0.39, 0.29) is 5.91 Å². The molecule has 2 aromatic carbocycles. The molecule has 156 valence electrons. The minimum absolute atomic E-state index is 0.0376. The van der Waals surface area contributed by atoms with Crippen LogP contribution in [0.4, 0.5) is 0 Å². The quantitative estimate of drug-likeness (QED) is 0.630.